The summed E-state index contributed by atoms with van der Waals surface area (Å²) in [4.78, 5) is 0. The normalized spacial score (nSPS) is 10.0. The van der Waals surface area contributed by atoms with Gasteiger partial charge in [0.15, 0.2) is 0 Å². The molecule has 0 aliphatic heterocycles. The van der Waals surface area contributed by atoms with Crippen LogP contribution in [0.25, 0.3) is 5.32 Å². The molecular weight excluding hydrogens is 190 g/mol. The molecule has 0 spiro atoms. The van der Waals surface area contributed by atoms with E-state index in [4.69, 9.17) is 9.47 Å². The molecule has 0 atom stereocenters. The number of hydrogen-bond acceptors (Lipinski definition) is 2. The fourth-order valence-electron chi connectivity index (χ4n) is 1.19. The highest BCUT2D eigenvalue weighted by molar-refractivity contribution is 5.49. The number of hydrogen-bond donors (Lipinski definition) is 0. The summed E-state index contributed by atoms with van der Waals surface area (Å²) in [5, 5.41) is 4.06. The van der Waals surface area contributed by atoms with Crippen LogP contribution >= 0.6 is 0 Å². The van der Waals surface area contributed by atoms with Crippen LogP contribution in [0, 0.1) is 0 Å². The fraction of sp³-hybridized carbons (Fsp3) is 0.500. The van der Waals surface area contributed by atoms with E-state index in [9.17, 15) is 0 Å². The molecule has 15 heavy (non-hydrogen) atoms. The van der Waals surface area contributed by atoms with Crippen molar-refractivity contribution in [1.82, 2.24) is 0 Å². The number of benzene rings is 1. The molecule has 1 aromatic carbocycles. The van der Waals surface area contributed by atoms with Crippen molar-refractivity contribution in [2.45, 2.75) is 13.3 Å². The van der Waals surface area contributed by atoms with Crippen molar-refractivity contribution in [2.24, 2.45) is 0 Å². The Labute approximate surface area is 91.4 Å². The molecule has 0 radical (unpaired) electrons. The second kappa shape index (κ2) is 7.12. The summed E-state index contributed by atoms with van der Waals surface area (Å²) in [5.41, 5.74) is 0.969. The van der Waals surface area contributed by atoms with Gasteiger partial charge in [0.2, 0.25) is 0 Å². The summed E-state index contributed by atoms with van der Waals surface area (Å²) in [6.07, 6.45) is 0.924. The Kier molecular flexibility index (Phi) is 5.63. The van der Waals surface area contributed by atoms with E-state index < -0.39 is 0 Å². The molecule has 3 nitrogen and oxygen atoms in total. The largest absolute Gasteiger partial charge is 0.687 e. The Morgan fingerprint density at radius 3 is 2.47 bits per heavy atom. The minimum atomic E-state index is 0.697. The zero-order chi connectivity index (χ0) is 10.9. The Morgan fingerprint density at radius 2 is 1.87 bits per heavy atom. The van der Waals surface area contributed by atoms with Crippen molar-refractivity contribution in [3.05, 3.63) is 29.6 Å². The van der Waals surface area contributed by atoms with Crippen molar-refractivity contribution in [1.29, 1.82) is 0 Å². The highest BCUT2D eigenvalue weighted by atomic mass is 16.5. The Hall–Kier alpha value is -1.22. The maximum Gasteiger partial charge on any atom is 0.119 e. The lowest BCUT2D eigenvalue weighted by Gasteiger charge is -2.14. The van der Waals surface area contributed by atoms with Gasteiger partial charge in [-0.3, -0.25) is 0 Å². The molecule has 84 valence electrons. The van der Waals surface area contributed by atoms with E-state index in [2.05, 4.69) is 5.32 Å². The highest BCUT2D eigenvalue weighted by Crippen LogP contribution is 2.20. The van der Waals surface area contributed by atoms with Crippen molar-refractivity contribution in [3.63, 3.8) is 0 Å². The van der Waals surface area contributed by atoms with Crippen molar-refractivity contribution in [2.75, 3.05) is 26.9 Å². The summed E-state index contributed by atoms with van der Waals surface area (Å²) < 4.78 is 10.7. The van der Waals surface area contributed by atoms with Crippen molar-refractivity contribution >= 4 is 5.69 Å². The summed E-state index contributed by atoms with van der Waals surface area (Å²) in [6, 6.07) is 7.75. The molecule has 1 rings (SSSR count). The van der Waals surface area contributed by atoms with E-state index in [1.165, 1.54) is 0 Å². The van der Waals surface area contributed by atoms with Gasteiger partial charge in [-0.05, 0) is 19.1 Å². The predicted octanol–water partition coefficient (Wildman–Crippen LogP) is 3.13. The first-order valence-corrected chi connectivity index (χ1v) is 5.27. The third-order valence-electron chi connectivity index (χ3n) is 2.00. The van der Waals surface area contributed by atoms with Crippen molar-refractivity contribution in [3.8, 4) is 5.75 Å². The second-order valence-corrected chi connectivity index (χ2v) is 3.12. The Morgan fingerprint density at radius 1 is 1.13 bits per heavy atom. The standard InChI is InChI=1S/C12H18NO2/c1-3-14-9-4-10-15-12-7-5-11(13-2)6-8-12/h5-8H,3-4,9-10H2,1-2H3/q-1. The van der Waals surface area contributed by atoms with Crippen LogP contribution in [-0.4, -0.2) is 26.9 Å². The van der Waals surface area contributed by atoms with Gasteiger partial charge in [0.05, 0.1) is 6.61 Å². The smallest absolute Gasteiger partial charge is 0.119 e. The van der Waals surface area contributed by atoms with E-state index in [-0.39, 0.29) is 0 Å². The van der Waals surface area contributed by atoms with Crippen LogP contribution in [0.4, 0.5) is 5.69 Å². The lowest BCUT2D eigenvalue weighted by molar-refractivity contribution is 0.131. The summed E-state index contributed by atoms with van der Waals surface area (Å²) in [6.45, 7) is 4.22. The van der Waals surface area contributed by atoms with Gasteiger partial charge >= 0.3 is 0 Å². The van der Waals surface area contributed by atoms with Gasteiger partial charge in [0, 0.05) is 19.6 Å². The highest BCUT2D eigenvalue weighted by Gasteiger charge is 1.91. The third-order valence-corrected chi connectivity index (χ3v) is 2.00. The van der Waals surface area contributed by atoms with Crippen LogP contribution in [0.1, 0.15) is 13.3 Å². The molecular formula is C12H18NO2-. The third kappa shape index (κ3) is 4.70. The maximum atomic E-state index is 5.53. The first-order valence-electron chi connectivity index (χ1n) is 5.27. The second-order valence-electron chi connectivity index (χ2n) is 3.12. The topological polar surface area (TPSA) is 32.6 Å². The minimum absolute atomic E-state index is 0.697. The molecule has 0 heterocycles. The summed E-state index contributed by atoms with van der Waals surface area (Å²) in [5.74, 6) is 0.888. The van der Waals surface area contributed by atoms with Crippen LogP contribution in [0.2, 0.25) is 0 Å². The minimum Gasteiger partial charge on any atom is -0.687 e. The summed E-state index contributed by atoms with van der Waals surface area (Å²) >= 11 is 0. The molecule has 0 amide bonds. The molecule has 0 unspecified atom stereocenters. The monoisotopic (exact) mass is 208 g/mol. The zero-order valence-electron chi connectivity index (χ0n) is 9.40. The summed E-state index contributed by atoms with van der Waals surface area (Å²) in [7, 11) is 1.78. The molecule has 0 aromatic heterocycles. The SMILES string of the molecule is CCOCCCOc1ccc([N-]C)cc1. The van der Waals surface area contributed by atoms with Crippen LogP contribution in [0.3, 0.4) is 0 Å². The van der Waals surface area contributed by atoms with Gasteiger partial charge in [0.1, 0.15) is 5.75 Å². The van der Waals surface area contributed by atoms with Crippen LogP contribution in [0.5, 0.6) is 5.75 Å². The molecule has 0 fully saturated rings. The molecule has 0 saturated heterocycles. The number of rotatable bonds is 7. The number of nitrogens with zero attached hydrogens (tertiary/aromatic N) is 1. The van der Waals surface area contributed by atoms with Crippen LogP contribution in [-0.2, 0) is 4.74 Å². The van der Waals surface area contributed by atoms with Gasteiger partial charge in [-0.25, -0.2) is 0 Å². The van der Waals surface area contributed by atoms with Crippen LogP contribution < -0.4 is 4.74 Å². The molecule has 0 bridgehead atoms. The first-order chi connectivity index (χ1) is 7.36. The van der Waals surface area contributed by atoms with Gasteiger partial charge in [0.25, 0.3) is 0 Å². The van der Waals surface area contributed by atoms with E-state index in [0.717, 1.165) is 31.1 Å². The zero-order valence-corrected chi connectivity index (χ0v) is 9.40. The lowest BCUT2D eigenvalue weighted by Crippen LogP contribution is -2.02. The molecule has 0 N–H and O–H groups in total. The van der Waals surface area contributed by atoms with E-state index in [1.807, 2.05) is 31.2 Å². The Bertz CT molecular complexity index is 259. The van der Waals surface area contributed by atoms with Crippen molar-refractivity contribution < 1.29 is 9.47 Å². The Balaban J connectivity index is 2.20. The molecule has 0 saturated carbocycles. The predicted molar refractivity (Wildman–Crippen MR) is 62.0 cm³/mol. The lowest BCUT2D eigenvalue weighted by atomic mass is 10.3. The average Bonchev–Trinajstić information content (AvgIpc) is 2.30. The average molecular weight is 208 g/mol. The molecule has 0 aliphatic rings. The van der Waals surface area contributed by atoms with Gasteiger partial charge in [-0.2, -0.15) is 0 Å². The fourth-order valence-corrected chi connectivity index (χ4v) is 1.19. The first kappa shape index (κ1) is 11.9. The van der Waals surface area contributed by atoms with E-state index in [0.29, 0.717) is 6.61 Å². The maximum absolute atomic E-state index is 5.53. The van der Waals surface area contributed by atoms with Gasteiger partial charge in [-0.1, -0.05) is 12.1 Å². The molecule has 3 heteroatoms. The van der Waals surface area contributed by atoms with Gasteiger partial charge in [-0.15, -0.1) is 12.7 Å². The van der Waals surface area contributed by atoms with Gasteiger partial charge < -0.3 is 14.8 Å². The number of ether oxygens (including phenoxy) is 2. The van der Waals surface area contributed by atoms with Crippen LogP contribution in [0.15, 0.2) is 24.3 Å². The molecule has 0 aliphatic carbocycles. The molecule has 1 aromatic rings. The quantitative estimate of drug-likeness (QED) is 0.645. The van der Waals surface area contributed by atoms with E-state index >= 15 is 0 Å². The van der Waals surface area contributed by atoms with E-state index in [1.54, 1.807) is 7.05 Å².